The largest absolute Gasteiger partial charge is 0.480 e. The highest BCUT2D eigenvalue weighted by Crippen LogP contribution is 2.67. The number of hydrogen-bond donors (Lipinski definition) is 2. The summed E-state index contributed by atoms with van der Waals surface area (Å²) in [5, 5.41) is 12.3. The zero-order valence-electron chi connectivity index (χ0n) is 21.5. The molecular weight excluding hydrogens is 394 g/mol. The summed E-state index contributed by atoms with van der Waals surface area (Å²) in [5.41, 5.74) is 2.56. The molecule has 4 unspecified atom stereocenters. The normalized spacial score (nSPS) is 42.1. The number of carboxylic acids is 1. The van der Waals surface area contributed by atoms with Gasteiger partial charge in [-0.05, 0) is 97.7 Å². The molecule has 4 aliphatic carbocycles. The van der Waals surface area contributed by atoms with E-state index < -0.39 is 5.97 Å². The molecule has 0 spiro atoms. The molecule has 0 aromatic heterocycles. The maximum Gasteiger partial charge on any atom is 0.317 e. The molecule has 2 N–H and O–H groups in total. The molecule has 0 aromatic rings. The highest BCUT2D eigenvalue weighted by Gasteiger charge is 2.59. The summed E-state index contributed by atoms with van der Waals surface area (Å²) in [6.07, 6.45) is 17.3. The lowest BCUT2D eigenvalue weighted by molar-refractivity contribution is -0.136. The van der Waals surface area contributed by atoms with E-state index in [2.05, 4.69) is 46.0 Å². The molecular formula is C29H49NO2. The van der Waals surface area contributed by atoms with Crippen LogP contribution < -0.4 is 5.32 Å². The van der Waals surface area contributed by atoms with E-state index in [0.717, 1.165) is 48.3 Å². The van der Waals surface area contributed by atoms with Crippen molar-refractivity contribution < 1.29 is 9.90 Å². The quantitative estimate of drug-likeness (QED) is 0.394. The Kier molecular flexibility index (Phi) is 7.16. The number of aliphatic carboxylic acids is 1. The summed E-state index contributed by atoms with van der Waals surface area (Å²) in [6, 6.07) is 0.346. The average Bonchev–Trinajstić information content (AvgIpc) is 3.09. The van der Waals surface area contributed by atoms with E-state index in [9.17, 15) is 4.79 Å². The molecule has 182 valence electrons. The Balaban J connectivity index is 1.44. The standard InChI is InChI=1S/C29H49NO2/c1-19(2)7-6-8-20(3)24-11-12-25-23-10-9-21-17-22(30-18-27(31)32)13-15-28(21,4)26(23)14-16-29(24,25)5/h9,19-20,22-26,30H,6-8,10-18H2,1-5H3,(H,31,32)/t20-,22+,23+,24?,25+,26?,28?,29?/m1/s1. The zero-order valence-corrected chi connectivity index (χ0v) is 21.5. The summed E-state index contributed by atoms with van der Waals surface area (Å²) in [7, 11) is 0. The van der Waals surface area contributed by atoms with Crippen molar-refractivity contribution in [2.24, 2.45) is 46.3 Å². The van der Waals surface area contributed by atoms with Crippen LogP contribution in [0.3, 0.4) is 0 Å². The molecule has 4 rings (SSSR count). The van der Waals surface area contributed by atoms with E-state index >= 15 is 0 Å². The molecule has 0 radical (unpaired) electrons. The Morgan fingerprint density at radius 2 is 1.88 bits per heavy atom. The first-order valence-electron chi connectivity index (χ1n) is 13.8. The van der Waals surface area contributed by atoms with Gasteiger partial charge in [0, 0.05) is 6.04 Å². The van der Waals surface area contributed by atoms with Crippen molar-refractivity contribution in [2.45, 2.75) is 111 Å². The number of fused-ring (bicyclic) bond motifs is 5. The van der Waals surface area contributed by atoms with E-state index in [1.54, 1.807) is 5.57 Å². The van der Waals surface area contributed by atoms with Gasteiger partial charge in [-0.25, -0.2) is 0 Å². The minimum atomic E-state index is -0.739. The summed E-state index contributed by atoms with van der Waals surface area (Å²) in [6.45, 7) is 12.6. The minimum Gasteiger partial charge on any atom is -0.480 e. The highest BCUT2D eigenvalue weighted by atomic mass is 16.4. The van der Waals surface area contributed by atoms with Gasteiger partial charge in [-0.3, -0.25) is 4.79 Å². The second-order valence-electron chi connectivity index (χ2n) is 13.0. The molecule has 0 amide bonds. The van der Waals surface area contributed by atoms with Crippen molar-refractivity contribution in [3.63, 3.8) is 0 Å². The van der Waals surface area contributed by atoms with Crippen LogP contribution in [-0.4, -0.2) is 23.7 Å². The summed E-state index contributed by atoms with van der Waals surface area (Å²) in [5.74, 6) is 4.53. The molecule has 8 atom stereocenters. The molecule has 32 heavy (non-hydrogen) atoms. The third-order valence-electron chi connectivity index (χ3n) is 10.8. The third-order valence-corrected chi connectivity index (χ3v) is 10.8. The topological polar surface area (TPSA) is 49.3 Å². The molecule has 3 heteroatoms. The van der Waals surface area contributed by atoms with Gasteiger partial charge < -0.3 is 10.4 Å². The van der Waals surface area contributed by atoms with Crippen molar-refractivity contribution in [1.82, 2.24) is 5.32 Å². The SMILES string of the molecule is CC(C)CCC[C@@H](C)C1CC[C@H]2[C@@H]3CC=C4C[C@@H](NCC(=O)O)CCC4(C)C3CCC12C. The van der Waals surface area contributed by atoms with Crippen molar-refractivity contribution >= 4 is 5.97 Å². The van der Waals surface area contributed by atoms with Crippen LogP contribution in [0.25, 0.3) is 0 Å². The Morgan fingerprint density at radius 1 is 1.09 bits per heavy atom. The third kappa shape index (κ3) is 4.44. The molecule has 0 bridgehead atoms. The number of carbonyl (C=O) groups is 1. The van der Waals surface area contributed by atoms with Crippen LogP contribution in [0.2, 0.25) is 0 Å². The van der Waals surface area contributed by atoms with E-state index in [-0.39, 0.29) is 6.54 Å². The van der Waals surface area contributed by atoms with Crippen LogP contribution in [0.4, 0.5) is 0 Å². The molecule has 3 saturated carbocycles. The Bertz CT molecular complexity index is 714. The van der Waals surface area contributed by atoms with Crippen LogP contribution in [0.15, 0.2) is 11.6 Å². The first-order valence-corrected chi connectivity index (χ1v) is 13.8. The smallest absolute Gasteiger partial charge is 0.317 e. The van der Waals surface area contributed by atoms with Crippen molar-refractivity contribution in [1.29, 1.82) is 0 Å². The van der Waals surface area contributed by atoms with Gasteiger partial charge in [-0.2, -0.15) is 0 Å². The zero-order chi connectivity index (χ0) is 23.1. The molecule has 0 aliphatic heterocycles. The van der Waals surface area contributed by atoms with Crippen LogP contribution >= 0.6 is 0 Å². The fourth-order valence-electron chi connectivity index (χ4n) is 9.09. The monoisotopic (exact) mass is 443 g/mol. The first-order chi connectivity index (χ1) is 15.1. The maximum atomic E-state index is 11.0. The number of allylic oxidation sites excluding steroid dienone is 1. The van der Waals surface area contributed by atoms with E-state index in [1.807, 2.05) is 0 Å². The van der Waals surface area contributed by atoms with E-state index in [0.29, 0.717) is 16.9 Å². The second-order valence-corrected chi connectivity index (χ2v) is 13.0. The Hall–Kier alpha value is -0.830. The highest BCUT2D eigenvalue weighted by molar-refractivity contribution is 5.69. The van der Waals surface area contributed by atoms with E-state index in [4.69, 9.17) is 5.11 Å². The van der Waals surface area contributed by atoms with Gasteiger partial charge in [0.1, 0.15) is 0 Å². The van der Waals surface area contributed by atoms with Gasteiger partial charge >= 0.3 is 5.97 Å². The van der Waals surface area contributed by atoms with Crippen molar-refractivity contribution in [3.05, 3.63) is 11.6 Å². The lowest BCUT2D eigenvalue weighted by Gasteiger charge is -2.58. The number of hydrogen-bond acceptors (Lipinski definition) is 2. The van der Waals surface area contributed by atoms with Gasteiger partial charge in [0.05, 0.1) is 6.54 Å². The molecule has 3 nitrogen and oxygen atoms in total. The van der Waals surface area contributed by atoms with Gasteiger partial charge in [-0.15, -0.1) is 0 Å². The van der Waals surface area contributed by atoms with Gasteiger partial charge in [0.15, 0.2) is 0 Å². The molecule has 3 fully saturated rings. The van der Waals surface area contributed by atoms with Gasteiger partial charge in [0.25, 0.3) is 0 Å². The summed E-state index contributed by atoms with van der Waals surface area (Å²) < 4.78 is 0. The van der Waals surface area contributed by atoms with Crippen LogP contribution in [0.5, 0.6) is 0 Å². The van der Waals surface area contributed by atoms with Crippen molar-refractivity contribution in [3.8, 4) is 0 Å². The fourth-order valence-corrected chi connectivity index (χ4v) is 9.09. The molecule has 0 saturated heterocycles. The fraction of sp³-hybridized carbons (Fsp3) is 0.897. The lowest BCUT2D eigenvalue weighted by atomic mass is 9.47. The lowest BCUT2D eigenvalue weighted by Crippen LogP contribution is -2.52. The maximum absolute atomic E-state index is 11.0. The molecule has 4 aliphatic rings. The number of carboxylic acid groups (broad SMARTS) is 1. The van der Waals surface area contributed by atoms with Crippen LogP contribution in [-0.2, 0) is 4.79 Å². The minimum absolute atomic E-state index is 0.0951. The molecule has 0 aromatic carbocycles. The number of rotatable bonds is 8. The van der Waals surface area contributed by atoms with Gasteiger partial charge in [0.2, 0.25) is 0 Å². The van der Waals surface area contributed by atoms with Gasteiger partial charge in [-0.1, -0.05) is 65.5 Å². The van der Waals surface area contributed by atoms with E-state index in [1.165, 1.54) is 57.8 Å². The Labute approximate surface area is 197 Å². The van der Waals surface area contributed by atoms with Crippen LogP contribution in [0.1, 0.15) is 105 Å². The number of nitrogens with one attached hydrogen (secondary N) is 1. The second kappa shape index (κ2) is 9.43. The predicted molar refractivity (Wildman–Crippen MR) is 132 cm³/mol. The average molecular weight is 444 g/mol. The molecule has 0 heterocycles. The first kappa shape index (κ1) is 24.3. The summed E-state index contributed by atoms with van der Waals surface area (Å²) >= 11 is 0. The summed E-state index contributed by atoms with van der Waals surface area (Å²) in [4.78, 5) is 11.0. The van der Waals surface area contributed by atoms with Crippen molar-refractivity contribution in [2.75, 3.05) is 6.54 Å². The predicted octanol–water partition coefficient (Wildman–Crippen LogP) is 7.07. The van der Waals surface area contributed by atoms with Crippen LogP contribution in [0, 0.1) is 46.3 Å². The Morgan fingerprint density at radius 3 is 2.59 bits per heavy atom.